The monoisotopic (exact) mass is 221 g/mol. The third kappa shape index (κ3) is 3.31. The summed E-state index contributed by atoms with van der Waals surface area (Å²) < 4.78 is 5.49. The van der Waals surface area contributed by atoms with Gasteiger partial charge in [-0.1, -0.05) is 26.5 Å². The zero-order valence-corrected chi connectivity index (χ0v) is 10.2. The summed E-state index contributed by atoms with van der Waals surface area (Å²) in [5, 5.41) is 3.07. The van der Waals surface area contributed by atoms with Crippen LogP contribution in [0.3, 0.4) is 0 Å². The Bertz CT molecular complexity index is 350. The summed E-state index contributed by atoms with van der Waals surface area (Å²) in [6.45, 7) is 8.91. The summed E-state index contributed by atoms with van der Waals surface area (Å²) in [6.07, 6.45) is 3.44. The van der Waals surface area contributed by atoms with Crippen LogP contribution in [0.5, 0.6) is 5.75 Å². The van der Waals surface area contributed by atoms with Crippen molar-refractivity contribution in [2.24, 2.45) is 0 Å². The van der Waals surface area contributed by atoms with E-state index in [2.05, 4.69) is 35.7 Å². The summed E-state index contributed by atoms with van der Waals surface area (Å²) >= 11 is 0. The molecule has 0 aliphatic rings. The fourth-order valence-corrected chi connectivity index (χ4v) is 1.26. The Labute approximate surface area is 96.8 Å². The number of rotatable bonds is 6. The lowest BCUT2D eigenvalue weighted by atomic mass is 10.2. The third-order valence-electron chi connectivity index (χ3n) is 2.07. The molecular formula is C12H19N3O. The summed E-state index contributed by atoms with van der Waals surface area (Å²) in [5.74, 6) is 1.89. The molecule has 0 aliphatic heterocycles. The van der Waals surface area contributed by atoms with E-state index in [-0.39, 0.29) is 0 Å². The quantitative estimate of drug-likeness (QED) is 0.745. The largest absolute Gasteiger partial charge is 0.486 e. The first-order valence-corrected chi connectivity index (χ1v) is 5.43. The summed E-state index contributed by atoms with van der Waals surface area (Å²) in [6, 6.07) is 0. The van der Waals surface area contributed by atoms with Crippen molar-refractivity contribution < 1.29 is 4.74 Å². The van der Waals surface area contributed by atoms with E-state index in [9.17, 15) is 0 Å². The minimum Gasteiger partial charge on any atom is -0.486 e. The van der Waals surface area contributed by atoms with Crippen LogP contribution in [0.25, 0.3) is 0 Å². The SMILES string of the molecule is C=CCOc1cnc(C(C)C)nc1CNC. The minimum atomic E-state index is 0.323. The Morgan fingerprint density at radius 1 is 1.56 bits per heavy atom. The molecule has 0 aliphatic carbocycles. The number of aromatic nitrogens is 2. The molecule has 0 saturated carbocycles. The first kappa shape index (κ1) is 12.6. The number of nitrogens with zero attached hydrogens (tertiary/aromatic N) is 2. The maximum Gasteiger partial charge on any atom is 0.160 e. The molecule has 0 aromatic carbocycles. The van der Waals surface area contributed by atoms with Gasteiger partial charge < -0.3 is 10.1 Å². The van der Waals surface area contributed by atoms with Crippen molar-refractivity contribution in [2.75, 3.05) is 13.7 Å². The molecule has 4 heteroatoms. The van der Waals surface area contributed by atoms with Crippen LogP contribution in [-0.2, 0) is 6.54 Å². The number of hydrogen-bond donors (Lipinski definition) is 1. The summed E-state index contributed by atoms with van der Waals surface area (Å²) in [4.78, 5) is 8.76. The zero-order valence-electron chi connectivity index (χ0n) is 10.2. The molecule has 1 N–H and O–H groups in total. The highest BCUT2D eigenvalue weighted by Gasteiger charge is 2.09. The van der Waals surface area contributed by atoms with E-state index in [4.69, 9.17) is 4.74 Å². The number of hydrogen-bond acceptors (Lipinski definition) is 4. The van der Waals surface area contributed by atoms with Crippen LogP contribution in [-0.4, -0.2) is 23.6 Å². The first-order valence-electron chi connectivity index (χ1n) is 5.43. The molecule has 0 spiro atoms. The van der Waals surface area contributed by atoms with Crippen LogP contribution in [0.2, 0.25) is 0 Å². The molecule has 1 aromatic rings. The van der Waals surface area contributed by atoms with Crippen molar-refractivity contribution in [1.82, 2.24) is 15.3 Å². The molecule has 0 atom stereocenters. The van der Waals surface area contributed by atoms with E-state index in [1.807, 2.05) is 7.05 Å². The molecule has 0 amide bonds. The summed E-state index contributed by atoms with van der Waals surface area (Å²) in [7, 11) is 1.88. The van der Waals surface area contributed by atoms with Gasteiger partial charge in [0, 0.05) is 12.5 Å². The minimum absolute atomic E-state index is 0.323. The average Bonchev–Trinajstić information content (AvgIpc) is 2.27. The normalized spacial score (nSPS) is 10.5. The van der Waals surface area contributed by atoms with Gasteiger partial charge >= 0.3 is 0 Å². The van der Waals surface area contributed by atoms with E-state index in [0.29, 0.717) is 19.1 Å². The van der Waals surface area contributed by atoms with Crippen LogP contribution < -0.4 is 10.1 Å². The Morgan fingerprint density at radius 2 is 2.31 bits per heavy atom. The zero-order chi connectivity index (χ0) is 12.0. The topological polar surface area (TPSA) is 47.0 Å². The van der Waals surface area contributed by atoms with Gasteiger partial charge in [0.2, 0.25) is 0 Å². The Hall–Kier alpha value is -1.42. The van der Waals surface area contributed by atoms with Crippen molar-refractivity contribution in [3.63, 3.8) is 0 Å². The second-order valence-corrected chi connectivity index (χ2v) is 3.82. The van der Waals surface area contributed by atoms with E-state index >= 15 is 0 Å². The van der Waals surface area contributed by atoms with Gasteiger partial charge in [0.1, 0.15) is 12.4 Å². The van der Waals surface area contributed by atoms with Gasteiger partial charge in [-0.2, -0.15) is 0 Å². The van der Waals surface area contributed by atoms with Gasteiger partial charge in [-0.05, 0) is 7.05 Å². The molecule has 0 fully saturated rings. The standard InChI is InChI=1S/C12H19N3O/c1-5-6-16-11-8-14-12(9(2)3)15-10(11)7-13-4/h5,8-9,13H,1,6-7H2,2-4H3. The Balaban J connectivity index is 2.93. The second-order valence-electron chi connectivity index (χ2n) is 3.82. The average molecular weight is 221 g/mol. The number of ether oxygens (including phenoxy) is 1. The molecule has 88 valence electrons. The van der Waals surface area contributed by atoms with Crippen molar-refractivity contribution in [3.05, 3.63) is 30.4 Å². The predicted molar refractivity (Wildman–Crippen MR) is 64.6 cm³/mol. The smallest absolute Gasteiger partial charge is 0.160 e. The van der Waals surface area contributed by atoms with Crippen molar-refractivity contribution in [1.29, 1.82) is 0 Å². The van der Waals surface area contributed by atoms with Crippen molar-refractivity contribution in [3.8, 4) is 5.75 Å². The van der Waals surface area contributed by atoms with Gasteiger partial charge in [0.15, 0.2) is 5.75 Å². The summed E-state index contributed by atoms with van der Waals surface area (Å²) in [5.41, 5.74) is 0.892. The van der Waals surface area contributed by atoms with Gasteiger partial charge in [-0.15, -0.1) is 0 Å². The lowest BCUT2D eigenvalue weighted by Gasteiger charge is -2.11. The molecule has 4 nitrogen and oxygen atoms in total. The van der Waals surface area contributed by atoms with E-state index in [1.165, 1.54) is 0 Å². The molecule has 0 unspecified atom stereocenters. The molecule has 1 aromatic heterocycles. The van der Waals surface area contributed by atoms with Gasteiger partial charge in [0.05, 0.1) is 11.9 Å². The maximum atomic E-state index is 5.49. The van der Waals surface area contributed by atoms with Crippen molar-refractivity contribution in [2.45, 2.75) is 26.3 Å². The Morgan fingerprint density at radius 3 is 2.88 bits per heavy atom. The van der Waals surface area contributed by atoms with Crippen LogP contribution in [0.4, 0.5) is 0 Å². The lowest BCUT2D eigenvalue weighted by molar-refractivity contribution is 0.353. The predicted octanol–water partition coefficient (Wildman–Crippen LogP) is 1.88. The third-order valence-corrected chi connectivity index (χ3v) is 2.07. The van der Waals surface area contributed by atoms with Crippen molar-refractivity contribution >= 4 is 0 Å². The lowest BCUT2D eigenvalue weighted by Crippen LogP contribution is -2.12. The van der Waals surface area contributed by atoms with E-state index in [1.54, 1.807) is 12.3 Å². The fraction of sp³-hybridized carbons (Fsp3) is 0.500. The van der Waals surface area contributed by atoms with Crippen LogP contribution >= 0.6 is 0 Å². The van der Waals surface area contributed by atoms with Gasteiger partial charge in [-0.25, -0.2) is 9.97 Å². The van der Waals surface area contributed by atoms with Crippen LogP contribution in [0.15, 0.2) is 18.9 Å². The van der Waals surface area contributed by atoms with Gasteiger partial charge in [-0.3, -0.25) is 0 Å². The highest BCUT2D eigenvalue weighted by Crippen LogP contribution is 2.18. The molecule has 1 heterocycles. The molecule has 0 bridgehead atoms. The molecule has 0 radical (unpaired) electrons. The first-order chi connectivity index (χ1) is 7.69. The highest BCUT2D eigenvalue weighted by atomic mass is 16.5. The molecule has 0 saturated heterocycles. The highest BCUT2D eigenvalue weighted by molar-refractivity contribution is 5.25. The Kier molecular flexibility index (Phi) is 4.92. The number of nitrogens with one attached hydrogen (secondary N) is 1. The van der Waals surface area contributed by atoms with Gasteiger partial charge in [0.25, 0.3) is 0 Å². The molecule has 1 rings (SSSR count). The fourth-order valence-electron chi connectivity index (χ4n) is 1.26. The maximum absolute atomic E-state index is 5.49. The second kappa shape index (κ2) is 6.23. The van der Waals surface area contributed by atoms with E-state index < -0.39 is 0 Å². The van der Waals surface area contributed by atoms with Crippen LogP contribution in [0.1, 0.15) is 31.3 Å². The molecule has 16 heavy (non-hydrogen) atoms. The molecular weight excluding hydrogens is 202 g/mol. The van der Waals surface area contributed by atoms with E-state index in [0.717, 1.165) is 17.3 Å². The van der Waals surface area contributed by atoms with Crippen LogP contribution in [0, 0.1) is 0 Å².